The number of hydrogen-bond donors (Lipinski definition) is 1. The first kappa shape index (κ1) is 18.4. The van der Waals surface area contributed by atoms with E-state index in [2.05, 4.69) is 15.3 Å². The second kappa shape index (κ2) is 7.55. The van der Waals surface area contributed by atoms with E-state index in [0.717, 1.165) is 11.8 Å². The van der Waals surface area contributed by atoms with Crippen molar-refractivity contribution in [3.8, 4) is 11.1 Å². The number of hydrogen-bond acceptors (Lipinski definition) is 5. The van der Waals surface area contributed by atoms with Gasteiger partial charge in [0, 0.05) is 16.9 Å². The Morgan fingerprint density at radius 3 is 2.68 bits per heavy atom. The minimum atomic E-state index is -0.618. The summed E-state index contributed by atoms with van der Waals surface area (Å²) in [6.07, 6.45) is 4.30. The summed E-state index contributed by atoms with van der Waals surface area (Å²) in [4.78, 5) is 7.79. The van der Waals surface area contributed by atoms with Crippen LogP contribution in [0.4, 0.5) is 24.8 Å². The molecule has 3 aromatic heterocycles. The smallest absolute Gasteiger partial charge is 0.215 e. The minimum Gasteiger partial charge on any atom is -0.464 e. The molecule has 3 heterocycles. The molecule has 0 saturated heterocycles. The topological polar surface area (TPSA) is 51.0 Å². The van der Waals surface area contributed by atoms with E-state index in [0.29, 0.717) is 11.3 Å². The van der Waals surface area contributed by atoms with Crippen LogP contribution in [-0.4, -0.2) is 16.2 Å². The number of furan rings is 1. The van der Waals surface area contributed by atoms with E-state index in [1.807, 2.05) is 6.26 Å². The lowest BCUT2D eigenvalue weighted by atomic mass is 10.0. The highest BCUT2D eigenvalue weighted by atomic mass is 32.2. The van der Waals surface area contributed by atoms with Gasteiger partial charge in [-0.2, -0.15) is 16.2 Å². The zero-order chi connectivity index (χ0) is 19.7. The van der Waals surface area contributed by atoms with E-state index >= 15 is 0 Å². The Kier molecular flexibility index (Phi) is 4.95. The summed E-state index contributed by atoms with van der Waals surface area (Å²) in [6, 6.07) is 8.69. The first-order valence-electron chi connectivity index (χ1n) is 8.29. The molecule has 0 aliphatic rings. The molecule has 142 valence electrons. The maximum atomic E-state index is 14.5. The van der Waals surface area contributed by atoms with Gasteiger partial charge in [0.2, 0.25) is 5.95 Å². The van der Waals surface area contributed by atoms with Crippen LogP contribution in [0.25, 0.3) is 22.1 Å². The number of fused-ring (bicyclic) bond motifs is 1. The van der Waals surface area contributed by atoms with Crippen molar-refractivity contribution in [3.63, 3.8) is 0 Å². The molecule has 0 atom stereocenters. The van der Waals surface area contributed by atoms with Crippen molar-refractivity contribution in [3.05, 3.63) is 72.0 Å². The Morgan fingerprint density at radius 1 is 1.00 bits per heavy atom. The van der Waals surface area contributed by atoms with E-state index in [1.54, 1.807) is 17.8 Å². The summed E-state index contributed by atoms with van der Waals surface area (Å²) in [5.74, 6) is -0.504. The predicted molar refractivity (Wildman–Crippen MR) is 104 cm³/mol. The third-order valence-electron chi connectivity index (χ3n) is 4.13. The highest BCUT2D eigenvalue weighted by Gasteiger charge is 2.15. The highest BCUT2D eigenvalue weighted by molar-refractivity contribution is 7.97. The van der Waals surface area contributed by atoms with Crippen molar-refractivity contribution in [1.29, 1.82) is 0 Å². The van der Waals surface area contributed by atoms with Gasteiger partial charge in [-0.15, -0.1) is 0 Å². The van der Waals surface area contributed by atoms with E-state index < -0.39 is 17.6 Å². The molecule has 0 spiro atoms. The number of thioether (sulfide) groups is 1. The second-order valence-corrected chi connectivity index (χ2v) is 6.92. The summed E-state index contributed by atoms with van der Waals surface area (Å²) in [5, 5.41) is 3.15. The van der Waals surface area contributed by atoms with Gasteiger partial charge in [-0.05, 0) is 48.2 Å². The number of nitrogens with zero attached hydrogens (tertiary/aromatic N) is 2. The number of benzene rings is 1. The lowest BCUT2D eigenvalue weighted by Gasteiger charge is -2.10. The minimum absolute atomic E-state index is 0.179. The molecule has 8 heteroatoms. The van der Waals surface area contributed by atoms with Crippen LogP contribution in [0.3, 0.4) is 0 Å². The van der Waals surface area contributed by atoms with Gasteiger partial charge in [0.25, 0.3) is 0 Å². The Balaban J connectivity index is 1.74. The molecular weight excluding hydrogens is 387 g/mol. The fourth-order valence-corrected chi connectivity index (χ4v) is 3.45. The monoisotopic (exact) mass is 401 g/mol. The highest BCUT2D eigenvalue weighted by Crippen LogP contribution is 2.33. The SMILES string of the molecule is CSCc1cc(F)nc(Nc2cc(-c3ccc(F)c4ccoc34)c(F)cn2)c1. The second-order valence-electron chi connectivity index (χ2n) is 6.05. The van der Waals surface area contributed by atoms with Crippen LogP contribution in [0.2, 0.25) is 0 Å². The fraction of sp³-hybridized carbons (Fsp3) is 0.100. The van der Waals surface area contributed by atoms with Crippen LogP contribution in [-0.2, 0) is 5.75 Å². The van der Waals surface area contributed by atoms with Crippen LogP contribution in [0, 0.1) is 17.6 Å². The molecule has 4 nitrogen and oxygen atoms in total. The molecule has 4 rings (SSSR count). The standard InChI is InChI=1S/C20H14F3N3OS/c1-28-10-11-6-17(23)25-19(7-11)26-18-8-14(16(22)9-24-18)12-2-3-15(21)13-4-5-27-20(12)13/h2-9H,10H2,1H3,(H,24,25,26). The first-order chi connectivity index (χ1) is 13.5. The van der Waals surface area contributed by atoms with E-state index in [-0.39, 0.29) is 28.2 Å². The maximum absolute atomic E-state index is 14.5. The van der Waals surface area contributed by atoms with Crippen molar-refractivity contribution >= 4 is 34.4 Å². The third-order valence-corrected chi connectivity index (χ3v) is 4.75. The van der Waals surface area contributed by atoms with E-state index in [9.17, 15) is 13.2 Å². The number of nitrogens with one attached hydrogen (secondary N) is 1. The largest absolute Gasteiger partial charge is 0.464 e. The molecule has 0 amide bonds. The average molecular weight is 401 g/mol. The van der Waals surface area contributed by atoms with Crippen LogP contribution in [0.1, 0.15) is 5.56 Å². The van der Waals surface area contributed by atoms with Crippen molar-refractivity contribution in [2.45, 2.75) is 5.75 Å². The quantitative estimate of drug-likeness (QED) is 0.421. The Morgan fingerprint density at radius 2 is 1.86 bits per heavy atom. The van der Waals surface area contributed by atoms with Gasteiger partial charge in [-0.3, -0.25) is 0 Å². The molecule has 0 unspecified atom stereocenters. The molecule has 0 fully saturated rings. The van der Waals surface area contributed by atoms with E-state index in [4.69, 9.17) is 4.42 Å². The zero-order valence-electron chi connectivity index (χ0n) is 14.7. The van der Waals surface area contributed by atoms with Crippen LogP contribution in [0.15, 0.2) is 53.3 Å². The predicted octanol–water partition coefficient (Wildman–Crippen LogP) is 5.91. The maximum Gasteiger partial charge on any atom is 0.215 e. The van der Waals surface area contributed by atoms with Gasteiger partial charge in [-0.1, -0.05) is 0 Å². The van der Waals surface area contributed by atoms with Crippen molar-refractivity contribution in [2.24, 2.45) is 0 Å². The summed E-state index contributed by atoms with van der Waals surface area (Å²) in [7, 11) is 0. The van der Waals surface area contributed by atoms with E-state index in [1.165, 1.54) is 36.6 Å². The normalized spacial score (nSPS) is 11.1. The van der Waals surface area contributed by atoms with Crippen molar-refractivity contribution in [1.82, 2.24) is 9.97 Å². The number of halogens is 3. The fourth-order valence-electron chi connectivity index (χ4n) is 2.95. The van der Waals surface area contributed by atoms with Crippen LogP contribution in [0.5, 0.6) is 0 Å². The lowest BCUT2D eigenvalue weighted by molar-refractivity contribution is 0.584. The molecule has 0 saturated carbocycles. The number of aromatic nitrogens is 2. The zero-order valence-corrected chi connectivity index (χ0v) is 15.5. The van der Waals surface area contributed by atoms with Crippen molar-refractivity contribution in [2.75, 3.05) is 11.6 Å². The molecule has 0 aliphatic heterocycles. The molecule has 0 radical (unpaired) electrons. The molecule has 1 N–H and O–H groups in total. The average Bonchev–Trinajstić information content (AvgIpc) is 3.15. The first-order valence-corrected chi connectivity index (χ1v) is 9.68. The molecule has 0 aliphatic carbocycles. The lowest BCUT2D eigenvalue weighted by Crippen LogP contribution is -2.00. The van der Waals surface area contributed by atoms with Crippen LogP contribution < -0.4 is 5.32 Å². The Bertz CT molecular complexity index is 1160. The third kappa shape index (κ3) is 3.55. The number of rotatable bonds is 5. The van der Waals surface area contributed by atoms with Gasteiger partial charge in [0.05, 0.1) is 17.8 Å². The summed E-state index contributed by atoms with van der Waals surface area (Å²) in [6.45, 7) is 0. The summed E-state index contributed by atoms with van der Waals surface area (Å²) >= 11 is 1.55. The van der Waals surface area contributed by atoms with Crippen molar-refractivity contribution < 1.29 is 17.6 Å². The summed E-state index contributed by atoms with van der Waals surface area (Å²) < 4.78 is 47.4. The number of pyridine rings is 2. The van der Waals surface area contributed by atoms with Gasteiger partial charge < -0.3 is 9.73 Å². The van der Waals surface area contributed by atoms with Gasteiger partial charge in [0.1, 0.15) is 28.9 Å². The molecule has 0 bridgehead atoms. The van der Waals surface area contributed by atoms with Gasteiger partial charge in [0.15, 0.2) is 0 Å². The Labute approximate surface area is 162 Å². The van der Waals surface area contributed by atoms with Gasteiger partial charge >= 0.3 is 0 Å². The van der Waals surface area contributed by atoms with Crippen LogP contribution >= 0.6 is 11.8 Å². The number of anilines is 2. The molecule has 4 aromatic rings. The molecular formula is C20H14F3N3OS. The molecule has 28 heavy (non-hydrogen) atoms. The summed E-state index contributed by atoms with van der Waals surface area (Å²) in [5.41, 5.74) is 1.57. The Hall–Kier alpha value is -3.00. The molecule has 1 aromatic carbocycles. The van der Waals surface area contributed by atoms with Gasteiger partial charge in [-0.25, -0.2) is 18.7 Å².